The fraction of sp³-hybridized carbons (Fsp3) is 0.222. The minimum atomic E-state index is -0.452. The van der Waals surface area contributed by atoms with Gasteiger partial charge in [0.05, 0.1) is 39.0 Å². The molecule has 184 valence electrons. The minimum absolute atomic E-state index is 0.212. The highest BCUT2D eigenvalue weighted by Crippen LogP contribution is 2.39. The summed E-state index contributed by atoms with van der Waals surface area (Å²) in [4.78, 5) is 12.3. The predicted octanol–water partition coefficient (Wildman–Crippen LogP) is 5.80. The highest BCUT2D eigenvalue weighted by molar-refractivity contribution is 9.11. The van der Waals surface area contributed by atoms with Crippen LogP contribution in [0.2, 0.25) is 0 Å². The predicted molar refractivity (Wildman–Crippen MR) is 138 cm³/mol. The first-order valence-corrected chi connectivity index (χ1v) is 11.5. The summed E-state index contributed by atoms with van der Waals surface area (Å²) in [6.07, 6.45) is 9.47. The van der Waals surface area contributed by atoms with E-state index in [1.807, 2.05) is 30.4 Å². The number of hydrogen-bond acceptors (Lipinski definition) is 6. The molecule has 0 aliphatic heterocycles. The van der Waals surface area contributed by atoms with E-state index < -0.39 is 5.82 Å². The Hall–Kier alpha value is -3.52. The van der Waals surface area contributed by atoms with Gasteiger partial charge >= 0.3 is 0 Å². The number of methoxy groups -OCH3 is 4. The Morgan fingerprint density at radius 2 is 1.74 bits per heavy atom. The average molecular weight is 544 g/mol. The molecule has 2 aromatic rings. The van der Waals surface area contributed by atoms with Crippen LogP contribution in [0.4, 0.5) is 4.39 Å². The zero-order chi connectivity index (χ0) is 25.4. The Balaban J connectivity index is 1.76. The molecule has 8 heteroatoms. The van der Waals surface area contributed by atoms with Gasteiger partial charge in [0.2, 0.25) is 5.75 Å². The molecule has 0 bridgehead atoms. The normalized spacial score (nSPS) is 15.8. The number of halogens is 2. The quantitative estimate of drug-likeness (QED) is 0.301. The Labute approximate surface area is 212 Å². The first-order chi connectivity index (χ1) is 16.9. The molecule has 1 unspecified atom stereocenters. The fourth-order valence-corrected chi connectivity index (χ4v) is 4.39. The number of ketones is 1. The number of allylic oxidation sites excluding steroid dienone is 4. The second-order valence-corrected chi connectivity index (χ2v) is 8.41. The van der Waals surface area contributed by atoms with Crippen LogP contribution in [0.1, 0.15) is 22.3 Å². The molecule has 0 amide bonds. The van der Waals surface area contributed by atoms with Crippen LogP contribution in [0.15, 0.2) is 76.6 Å². The summed E-state index contributed by atoms with van der Waals surface area (Å²) in [5, 5.41) is 3.21. The molecule has 0 aromatic heterocycles. The van der Waals surface area contributed by atoms with Crippen molar-refractivity contribution < 1.29 is 28.1 Å². The molecule has 0 saturated heterocycles. The summed E-state index contributed by atoms with van der Waals surface area (Å²) >= 11 is 3.57. The van der Waals surface area contributed by atoms with Crippen LogP contribution in [0.25, 0.3) is 6.08 Å². The van der Waals surface area contributed by atoms with Crippen molar-refractivity contribution >= 4 is 27.8 Å². The van der Waals surface area contributed by atoms with E-state index in [9.17, 15) is 9.18 Å². The summed E-state index contributed by atoms with van der Waals surface area (Å²) in [5.74, 6) is 1.62. The molecule has 1 aliphatic carbocycles. The van der Waals surface area contributed by atoms with E-state index in [-0.39, 0.29) is 17.4 Å². The van der Waals surface area contributed by atoms with E-state index in [1.165, 1.54) is 24.3 Å². The van der Waals surface area contributed by atoms with Crippen molar-refractivity contribution in [1.82, 2.24) is 5.32 Å². The lowest BCUT2D eigenvalue weighted by atomic mass is 9.97. The number of rotatable bonds is 10. The van der Waals surface area contributed by atoms with Gasteiger partial charge in [-0.05, 0) is 63.8 Å². The summed E-state index contributed by atoms with van der Waals surface area (Å²) in [6, 6.07) is 9.10. The molecule has 0 fully saturated rings. The first kappa shape index (κ1) is 26.1. The summed E-state index contributed by atoms with van der Waals surface area (Å²) in [7, 11) is 6.31. The molecule has 35 heavy (non-hydrogen) atoms. The van der Waals surface area contributed by atoms with E-state index in [0.29, 0.717) is 29.4 Å². The van der Waals surface area contributed by atoms with Crippen LogP contribution in [0, 0.1) is 5.82 Å². The van der Waals surface area contributed by atoms with E-state index in [0.717, 1.165) is 15.6 Å². The van der Waals surface area contributed by atoms with Crippen molar-refractivity contribution in [3.05, 3.63) is 93.6 Å². The standard InChI is InChI=1S/C27H27BrFNO5/c1-32-24-14-18(15-25(33-2)27(24)35-4)9-8-17-12-21(28)26(34-3)22(13-17)30-11-10-23(31)19-6-5-7-20(29)16-19/h5-12,14-16,22,30H,13H2,1-4H3/b9-8-,11-10-. The van der Waals surface area contributed by atoms with Gasteiger partial charge in [0.1, 0.15) is 11.6 Å². The third kappa shape index (κ3) is 6.54. The van der Waals surface area contributed by atoms with Crippen LogP contribution >= 0.6 is 15.9 Å². The Bertz CT molecular complexity index is 1180. The minimum Gasteiger partial charge on any atom is -0.498 e. The maximum Gasteiger partial charge on any atom is 0.203 e. The van der Waals surface area contributed by atoms with Gasteiger partial charge in [-0.1, -0.05) is 24.3 Å². The Morgan fingerprint density at radius 1 is 1.03 bits per heavy atom. The van der Waals surface area contributed by atoms with Gasteiger partial charge in [-0.15, -0.1) is 0 Å². The van der Waals surface area contributed by atoms with Gasteiger partial charge in [0.15, 0.2) is 17.3 Å². The second kappa shape index (κ2) is 12.3. The van der Waals surface area contributed by atoms with Gasteiger partial charge < -0.3 is 24.3 Å². The van der Waals surface area contributed by atoms with E-state index in [1.54, 1.807) is 40.7 Å². The van der Waals surface area contributed by atoms with Gasteiger partial charge in [-0.3, -0.25) is 4.79 Å². The number of carbonyl (C=O) groups is 1. The summed E-state index contributed by atoms with van der Waals surface area (Å²) < 4.78 is 36.0. The number of benzene rings is 2. The smallest absolute Gasteiger partial charge is 0.203 e. The van der Waals surface area contributed by atoms with Gasteiger partial charge in [-0.25, -0.2) is 4.39 Å². The van der Waals surface area contributed by atoms with Crippen molar-refractivity contribution in [1.29, 1.82) is 0 Å². The molecule has 1 N–H and O–H groups in total. The lowest BCUT2D eigenvalue weighted by Crippen LogP contribution is -2.30. The highest BCUT2D eigenvalue weighted by Gasteiger charge is 2.22. The molecular formula is C27H27BrFNO5. The molecule has 3 rings (SSSR count). The SMILES string of the molecule is COC1=C(Br)C=C(/C=C\c2cc(OC)c(OC)c(OC)c2)CC1N/C=C\C(=O)c1cccc(F)c1. The van der Waals surface area contributed by atoms with Crippen LogP contribution in [0.5, 0.6) is 17.2 Å². The third-order valence-corrected chi connectivity index (χ3v) is 5.96. The fourth-order valence-electron chi connectivity index (χ4n) is 3.66. The topological polar surface area (TPSA) is 66.0 Å². The molecule has 0 spiro atoms. The van der Waals surface area contributed by atoms with Gasteiger partial charge in [0.25, 0.3) is 0 Å². The van der Waals surface area contributed by atoms with E-state index in [2.05, 4.69) is 21.2 Å². The van der Waals surface area contributed by atoms with Gasteiger partial charge in [0, 0.05) is 17.8 Å². The van der Waals surface area contributed by atoms with Crippen molar-refractivity contribution in [3.63, 3.8) is 0 Å². The zero-order valence-corrected chi connectivity index (χ0v) is 21.5. The van der Waals surface area contributed by atoms with Crippen molar-refractivity contribution in [2.75, 3.05) is 28.4 Å². The Morgan fingerprint density at radius 3 is 2.34 bits per heavy atom. The third-order valence-electron chi connectivity index (χ3n) is 5.34. The summed E-state index contributed by atoms with van der Waals surface area (Å²) in [5.41, 5.74) is 2.18. The molecule has 1 atom stereocenters. The van der Waals surface area contributed by atoms with E-state index in [4.69, 9.17) is 18.9 Å². The number of carbonyl (C=O) groups excluding carboxylic acids is 1. The molecule has 0 heterocycles. The van der Waals surface area contributed by atoms with Crippen molar-refractivity contribution in [3.8, 4) is 17.2 Å². The highest BCUT2D eigenvalue weighted by atomic mass is 79.9. The van der Waals surface area contributed by atoms with Crippen LogP contribution in [-0.4, -0.2) is 40.3 Å². The first-order valence-electron chi connectivity index (χ1n) is 10.7. The molecule has 6 nitrogen and oxygen atoms in total. The van der Waals surface area contributed by atoms with Crippen molar-refractivity contribution in [2.24, 2.45) is 0 Å². The monoisotopic (exact) mass is 543 g/mol. The lowest BCUT2D eigenvalue weighted by Gasteiger charge is -2.25. The van der Waals surface area contributed by atoms with E-state index >= 15 is 0 Å². The number of nitrogens with one attached hydrogen (secondary N) is 1. The Kier molecular flexibility index (Phi) is 9.14. The zero-order valence-electron chi connectivity index (χ0n) is 19.9. The van der Waals surface area contributed by atoms with Crippen LogP contribution in [0.3, 0.4) is 0 Å². The molecule has 1 aliphatic rings. The average Bonchev–Trinajstić information content (AvgIpc) is 2.86. The molecule has 2 aromatic carbocycles. The lowest BCUT2D eigenvalue weighted by molar-refractivity contribution is 0.104. The maximum absolute atomic E-state index is 13.4. The maximum atomic E-state index is 13.4. The number of ether oxygens (including phenoxy) is 4. The largest absolute Gasteiger partial charge is 0.498 e. The number of hydrogen-bond donors (Lipinski definition) is 1. The molecular weight excluding hydrogens is 517 g/mol. The second-order valence-electron chi connectivity index (χ2n) is 7.56. The van der Waals surface area contributed by atoms with Crippen LogP contribution in [-0.2, 0) is 4.74 Å². The molecule has 0 radical (unpaired) electrons. The summed E-state index contributed by atoms with van der Waals surface area (Å²) in [6.45, 7) is 0. The van der Waals surface area contributed by atoms with Gasteiger partial charge in [-0.2, -0.15) is 0 Å². The van der Waals surface area contributed by atoms with Crippen LogP contribution < -0.4 is 19.5 Å². The molecule has 0 saturated carbocycles. The van der Waals surface area contributed by atoms with Crippen molar-refractivity contribution in [2.45, 2.75) is 12.5 Å².